The van der Waals surface area contributed by atoms with Crippen LogP contribution in [-0.4, -0.2) is 24.4 Å². The summed E-state index contributed by atoms with van der Waals surface area (Å²) in [5, 5.41) is 2.76. The molecule has 0 spiro atoms. The number of amides is 2. The molecular weight excluding hydrogens is 339 g/mol. The first-order valence-corrected chi connectivity index (χ1v) is 7.67. The minimum atomic E-state index is -0.553. The number of nitrogens with zero attached hydrogens (tertiary/aromatic N) is 1. The van der Waals surface area contributed by atoms with Gasteiger partial charge >= 0.3 is 0 Å². The van der Waals surface area contributed by atoms with E-state index in [4.69, 9.17) is 0 Å². The lowest BCUT2D eigenvalue weighted by molar-refractivity contribution is -0.126. The molecule has 114 valence electrons. The van der Waals surface area contributed by atoms with Crippen molar-refractivity contribution in [1.29, 1.82) is 0 Å². The van der Waals surface area contributed by atoms with Crippen molar-refractivity contribution in [2.75, 3.05) is 11.4 Å². The largest absolute Gasteiger partial charge is 0.344 e. The molecule has 1 saturated heterocycles. The summed E-state index contributed by atoms with van der Waals surface area (Å²) < 4.78 is 13.9. The van der Waals surface area contributed by atoms with Crippen molar-refractivity contribution in [1.82, 2.24) is 5.32 Å². The first-order chi connectivity index (χ1) is 9.81. The maximum absolute atomic E-state index is 13.6. The quantitative estimate of drug-likeness (QED) is 0.885. The third kappa shape index (κ3) is 3.26. The van der Waals surface area contributed by atoms with E-state index in [1.54, 1.807) is 17.9 Å². The number of rotatable bonds is 2. The topological polar surface area (TPSA) is 49.4 Å². The molecule has 1 atom stereocenters. The van der Waals surface area contributed by atoms with E-state index in [-0.39, 0.29) is 30.0 Å². The van der Waals surface area contributed by atoms with Crippen LogP contribution in [-0.2, 0) is 9.59 Å². The summed E-state index contributed by atoms with van der Waals surface area (Å²) in [5.74, 6) is -0.666. The third-order valence-electron chi connectivity index (χ3n) is 3.61. The van der Waals surface area contributed by atoms with E-state index in [1.165, 1.54) is 6.07 Å². The summed E-state index contributed by atoms with van der Waals surface area (Å²) in [5.41, 5.74) is 1.30. The molecule has 6 heteroatoms. The molecule has 0 radical (unpaired) electrons. The molecule has 4 nitrogen and oxygen atoms in total. The highest BCUT2D eigenvalue weighted by atomic mass is 79.9. The van der Waals surface area contributed by atoms with Crippen LogP contribution in [0.25, 0.3) is 0 Å². The van der Waals surface area contributed by atoms with Crippen LogP contribution >= 0.6 is 15.9 Å². The highest BCUT2D eigenvalue weighted by molar-refractivity contribution is 9.10. The zero-order valence-electron chi connectivity index (χ0n) is 12.2. The van der Waals surface area contributed by atoms with Gasteiger partial charge < -0.3 is 10.2 Å². The Kier molecular flexibility index (Phi) is 4.66. The van der Waals surface area contributed by atoms with Crippen LogP contribution < -0.4 is 10.2 Å². The standard InChI is InChI=1S/C15H18BrFN2O2/c1-8(2)14-15(21)19(5-4-13(20)18-14)12-7-10(16)11(17)6-9(12)3/h6-8,14H,4-5H2,1-3H3,(H,18,20). The summed E-state index contributed by atoms with van der Waals surface area (Å²) in [4.78, 5) is 26.0. The number of benzene rings is 1. The Labute approximate surface area is 131 Å². The molecule has 2 amide bonds. The van der Waals surface area contributed by atoms with Crippen molar-refractivity contribution >= 4 is 33.4 Å². The van der Waals surface area contributed by atoms with Crippen molar-refractivity contribution in [2.24, 2.45) is 5.92 Å². The number of hydrogen-bond acceptors (Lipinski definition) is 2. The molecule has 0 aromatic heterocycles. The second-order valence-electron chi connectivity index (χ2n) is 5.58. The molecular formula is C15H18BrFN2O2. The molecule has 0 saturated carbocycles. The predicted octanol–water partition coefficient (Wildman–Crippen LogP) is 2.77. The monoisotopic (exact) mass is 356 g/mol. The normalized spacial score (nSPS) is 19.7. The van der Waals surface area contributed by atoms with E-state index in [0.29, 0.717) is 22.3 Å². The van der Waals surface area contributed by atoms with Crippen LogP contribution in [0, 0.1) is 18.7 Å². The molecule has 0 bridgehead atoms. The van der Waals surface area contributed by atoms with Gasteiger partial charge in [-0.05, 0) is 46.5 Å². The summed E-state index contributed by atoms with van der Waals surface area (Å²) in [7, 11) is 0. The van der Waals surface area contributed by atoms with Crippen LogP contribution in [0.1, 0.15) is 25.8 Å². The number of anilines is 1. The van der Waals surface area contributed by atoms with Gasteiger partial charge in [-0.3, -0.25) is 9.59 Å². The zero-order chi connectivity index (χ0) is 15.7. The maximum Gasteiger partial charge on any atom is 0.249 e. The second kappa shape index (κ2) is 6.13. The molecule has 1 aliphatic heterocycles. The predicted molar refractivity (Wildman–Crippen MR) is 82.6 cm³/mol. The van der Waals surface area contributed by atoms with E-state index in [0.717, 1.165) is 0 Å². The van der Waals surface area contributed by atoms with Gasteiger partial charge in [0.15, 0.2) is 0 Å². The van der Waals surface area contributed by atoms with Gasteiger partial charge in [0.1, 0.15) is 11.9 Å². The Bertz CT molecular complexity index is 589. The van der Waals surface area contributed by atoms with Gasteiger partial charge in [-0.15, -0.1) is 0 Å². The van der Waals surface area contributed by atoms with Crippen molar-refractivity contribution in [3.8, 4) is 0 Å². The molecule has 1 heterocycles. The average molecular weight is 357 g/mol. The lowest BCUT2D eigenvalue weighted by Gasteiger charge is -2.27. The number of nitrogens with one attached hydrogen (secondary N) is 1. The lowest BCUT2D eigenvalue weighted by Crippen LogP contribution is -2.48. The van der Waals surface area contributed by atoms with Crippen molar-refractivity contribution in [3.63, 3.8) is 0 Å². The van der Waals surface area contributed by atoms with E-state index >= 15 is 0 Å². The fourth-order valence-electron chi connectivity index (χ4n) is 2.42. The molecule has 21 heavy (non-hydrogen) atoms. The Hall–Kier alpha value is -1.43. The third-order valence-corrected chi connectivity index (χ3v) is 4.22. The van der Waals surface area contributed by atoms with Crippen molar-refractivity contribution < 1.29 is 14.0 Å². The van der Waals surface area contributed by atoms with Gasteiger partial charge in [-0.2, -0.15) is 0 Å². The number of halogens is 2. The van der Waals surface area contributed by atoms with Crippen molar-refractivity contribution in [2.45, 2.75) is 33.2 Å². The first-order valence-electron chi connectivity index (χ1n) is 6.87. The van der Waals surface area contributed by atoms with E-state index in [2.05, 4.69) is 21.2 Å². The second-order valence-corrected chi connectivity index (χ2v) is 6.44. The van der Waals surface area contributed by atoms with Crippen LogP contribution in [0.5, 0.6) is 0 Å². The minimum absolute atomic E-state index is 0.00811. The Morgan fingerprint density at radius 3 is 2.67 bits per heavy atom. The summed E-state index contributed by atoms with van der Waals surface area (Å²) >= 11 is 3.15. The number of aryl methyl sites for hydroxylation is 1. The van der Waals surface area contributed by atoms with Gasteiger partial charge in [-0.1, -0.05) is 13.8 Å². The van der Waals surface area contributed by atoms with Crippen molar-refractivity contribution in [3.05, 3.63) is 28.0 Å². The summed E-state index contributed by atoms with van der Waals surface area (Å²) in [6, 6.07) is 2.43. The van der Waals surface area contributed by atoms with Crippen LogP contribution in [0.2, 0.25) is 0 Å². The number of carbonyl (C=O) groups is 2. The molecule has 1 unspecified atom stereocenters. The molecule has 2 rings (SSSR count). The number of hydrogen-bond donors (Lipinski definition) is 1. The van der Waals surface area contributed by atoms with E-state index in [9.17, 15) is 14.0 Å². The molecule has 1 aromatic rings. The minimum Gasteiger partial charge on any atom is -0.344 e. The Morgan fingerprint density at radius 2 is 2.05 bits per heavy atom. The fourth-order valence-corrected chi connectivity index (χ4v) is 2.75. The van der Waals surface area contributed by atoms with Crippen LogP contribution in [0.15, 0.2) is 16.6 Å². The van der Waals surface area contributed by atoms with Gasteiger partial charge in [-0.25, -0.2) is 4.39 Å². The van der Waals surface area contributed by atoms with Crippen LogP contribution in [0.3, 0.4) is 0 Å². The SMILES string of the molecule is Cc1cc(F)c(Br)cc1N1CCC(=O)NC(C(C)C)C1=O. The summed E-state index contributed by atoms with van der Waals surface area (Å²) in [6.45, 7) is 5.83. The van der Waals surface area contributed by atoms with Gasteiger partial charge in [0.25, 0.3) is 0 Å². The highest BCUT2D eigenvalue weighted by Crippen LogP contribution is 2.29. The molecule has 1 fully saturated rings. The van der Waals surface area contributed by atoms with Crippen LogP contribution in [0.4, 0.5) is 10.1 Å². The zero-order valence-corrected chi connectivity index (χ0v) is 13.8. The first kappa shape index (κ1) is 15.9. The van der Waals surface area contributed by atoms with E-state index < -0.39 is 6.04 Å². The Balaban J connectivity index is 2.44. The molecule has 1 N–H and O–H groups in total. The Morgan fingerprint density at radius 1 is 1.38 bits per heavy atom. The average Bonchev–Trinajstić information content (AvgIpc) is 2.54. The van der Waals surface area contributed by atoms with Gasteiger partial charge in [0, 0.05) is 18.7 Å². The number of carbonyl (C=O) groups excluding carboxylic acids is 2. The summed E-state index contributed by atoms with van der Waals surface area (Å²) in [6.07, 6.45) is 0.239. The highest BCUT2D eigenvalue weighted by Gasteiger charge is 2.33. The lowest BCUT2D eigenvalue weighted by atomic mass is 10.0. The maximum atomic E-state index is 13.6. The smallest absolute Gasteiger partial charge is 0.249 e. The molecule has 1 aliphatic rings. The fraction of sp³-hybridized carbons (Fsp3) is 0.467. The molecule has 1 aromatic carbocycles. The van der Waals surface area contributed by atoms with Gasteiger partial charge in [0.2, 0.25) is 11.8 Å². The molecule has 0 aliphatic carbocycles. The van der Waals surface area contributed by atoms with Gasteiger partial charge in [0.05, 0.1) is 4.47 Å². The van der Waals surface area contributed by atoms with E-state index in [1.807, 2.05) is 13.8 Å².